The quantitative estimate of drug-likeness (QED) is 0.228. The van der Waals surface area contributed by atoms with Crippen LogP contribution in [0, 0.1) is 0 Å². The van der Waals surface area contributed by atoms with E-state index in [9.17, 15) is 10.2 Å². The molecule has 0 amide bonds. The second kappa shape index (κ2) is 9.93. The van der Waals surface area contributed by atoms with Gasteiger partial charge < -0.3 is 10.2 Å². The summed E-state index contributed by atoms with van der Waals surface area (Å²) in [7, 11) is 0. The number of rotatable bonds is 10. The van der Waals surface area contributed by atoms with Crippen molar-refractivity contribution in [2.45, 2.75) is 83.5 Å². The molecule has 5 rings (SSSR count). The van der Waals surface area contributed by atoms with E-state index in [1.807, 2.05) is 24.3 Å². The minimum atomic E-state index is -0.0564. The van der Waals surface area contributed by atoms with Crippen LogP contribution in [0.25, 0.3) is 32.7 Å². The summed E-state index contributed by atoms with van der Waals surface area (Å²) < 4.78 is 0. The second-order valence-electron chi connectivity index (χ2n) is 10.5. The first-order valence-corrected chi connectivity index (χ1v) is 13.6. The molecule has 0 spiro atoms. The summed E-state index contributed by atoms with van der Waals surface area (Å²) in [5.74, 6) is 0.649. The molecule has 35 heavy (non-hydrogen) atoms. The molecule has 0 aromatic heterocycles. The molecule has 0 heterocycles. The predicted octanol–water partition coefficient (Wildman–Crippen LogP) is 9.61. The van der Waals surface area contributed by atoms with Crippen molar-refractivity contribution in [2.75, 3.05) is 0 Å². The molecule has 0 aliphatic heterocycles. The summed E-state index contributed by atoms with van der Waals surface area (Å²) in [5, 5.41) is 25.2. The van der Waals surface area contributed by atoms with Gasteiger partial charge in [0.25, 0.3) is 0 Å². The second-order valence-corrected chi connectivity index (χ2v) is 10.5. The van der Waals surface area contributed by atoms with E-state index < -0.39 is 0 Å². The molecule has 2 nitrogen and oxygen atoms in total. The third kappa shape index (κ3) is 4.18. The highest BCUT2D eigenvalue weighted by molar-refractivity contribution is 6.04. The van der Waals surface area contributed by atoms with E-state index in [1.54, 1.807) is 0 Å². The van der Waals surface area contributed by atoms with Crippen LogP contribution in [0.4, 0.5) is 0 Å². The average Bonchev–Trinajstić information content (AvgIpc) is 3.14. The molecule has 0 saturated heterocycles. The van der Waals surface area contributed by atoms with Crippen LogP contribution in [0.3, 0.4) is 0 Å². The lowest BCUT2D eigenvalue weighted by Gasteiger charge is -2.34. The number of phenols is 2. The van der Waals surface area contributed by atoms with Crippen LogP contribution in [0.2, 0.25) is 0 Å². The van der Waals surface area contributed by atoms with E-state index in [0.717, 1.165) is 23.6 Å². The fourth-order valence-electron chi connectivity index (χ4n) is 6.57. The lowest BCUT2D eigenvalue weighted by Crippen LogP contribution is -2.26. The minimum absolute atomic E-state index is 0.0564. The molecule has 2 heteroatoms. The molecular weight excluding hydrogens is 428 g/mol. The van der Waals surface area contributed by atoms with Gasteiger partial charge in [-0.05, 0) is 80.9 Å². The normalized spacial score (nSPS) is 13.9. The van der Waals surface area contributed by atoms with Crippen LogP contribution in [-0.4, -0.2) is 10.2 Å². The number of phenolic OH excluding ortho intramolecular Hbond substituents is 2. The molecule has 0 bridgehead atoms. The van der Waals surface area contributed by atoms with Gasteiger partial charge in [-0.2, -0.15) is 0 Å². The molecule has 0 radical (unpaired) electrons. The average molecular weight is 467 g/mol. The smallest absolute Gasteiger partial charge is 0.116 e. The van der Waals surface area contributed by atoms with Gasteiger partial charge in [0, 0.05) is 5.41 Å². The fraction of sp³-hybridized carbons (Fsp3) is 0.394. The number of fused-ring (bicyclic) bond motifs is 7. The molecule has 0 fully saturated rings. The topological polar surface area (TPSA) is 40.5 Å². The Labute approximate surface area is 209 Å². The summed E-state index contributed by atoms with van der Waals surface area (Å²) in [6.07, 6.45) is 12.2. The van der Waals surface area contributed by atoms with Gasteiger partial charge in [-0.15, -0.1) is 0 Å². The first-order chi connectivity index (χ1) is 17.1. The standard InChI is InChI=1S/C33H38O2/c1-3-5-7-9-19-33(20-10-8-6-4-2)31-27-17-13-25(34)21-23(27)11-15-29(31)30-16-12-24-22-26(35)14-18-28(24)32(30)33/h11-18,21-22,34-35H,3-10,19-20H2,1-2H3. The Morgan fingerprint density at radius 1 is 0.543 bits per heavy atom. The maximum Gasteiger partial charge on any atom is 0.116 e. The van der Waals surface area contributed by atoms with Crippen molar-refractivity contribution in [3.63, 3.8) is 0 Å². The van der Waals surface area contributed by atoms with Gasteiger partial charge >= 0.3 is 0 Å². The summed E-state index contributed by atoms with van der Waals surface area (Å²) in [6, 6.07) is 20.7. The van der Waals surface area contributed by atoms with Crippen LogP contribution in [0.5, 0.6) is 11.5 Å². The minimum Gasteiger partial charge on any atom is -0.508 e. The largest absolute Gasteiger partial charge is 0.508 e. The van der Waals surface area contributed by atoms with Crippen LogP contribution < -0.4 is 0 Å². The van der Waals surface area contributed by atoms with Crippen LogP contribution in [-0.2, 0) is 5.41 Å². The Hall–Kier alpha value is -3.00. The molecular formula is C33H38O2. The first-order valence-electron chi connectivity index (χ1n) is 13.6. The molecule has 1 aliphatic carbocycles. The summed E-state index contributed by atoms with van der Waals surface area (Å²) in [4.78, 5) is 0. The van der Waals surface area contributed by atoms with Crippen molar-refractivity contribution in [1.82, 2.24) is 0 Å². The van der Waals surface area contributed by atoms with Crippen molar-refractivity contribution in [2.24, 2.45) is 0 Å². The Morgan fingerprint density at radius 2 is 1.00 bits per heavy atom. The number of hydrogen-bond acceptors (Lipinski definition) is 2. The van der Waals surface area contributed by atoms with Gasteiger partial charge in [-0.1, -0.05) is 102 Å². The molecule has 1 aliphatic rings. The predicted molar refractivity (Wildman–Crippen MR) is 149 cm³/mol. The Balaban J connectivity index is 1.78. The van der Waals surface area contributed by atoms with E-state index in [-0.39, 0.29) is 5.41 Å². The molecule has 4 aromatic rings. The molecule has 0 saturated carbocycles. The van der Waals surface area contributed by atoms with Gasteiger partial charge in [0.05, 0.1) is 0 Å². The van der Waals surface area contributed by atoms with Crippen molar-refractivity contribution >= 4 is 21.5 Å². The number of unbranched alkanes of at least 4 members (excludes halogenated alkanes) is 6. The van der Waals surface area contributed by atoms with Crippen molar-refractivity contribution in [1.29, 1.82) is 0 Å². The van der Waals surface area contributed by atoms with Gasteiger partial charge in [-0.3, -0.25) is 0 Å². The highest BCUT2D eigenvalue weighted by Crippen LogP contribution is 2.58. The Morgan fingerprint density at radius 3 is 1.43 bits per heavy atom. The zero-order valence-corrected chi connectivity index (χ0v) is 21.2. The summed E-state index contributed by atoms with van der Waals surface area (Å²) in [5.41, 5.74) is 5.55. The molecule has 2 N–H and O–H groups in total. The molecule has 0 unspecified atom stereocenters. The maximum atomic E-state index is 10.2. The van der Waals surface area contributed by atoms with Crippen LogP contribution in [0.15, 0.2) is 60.7 Å². The fourth-order valence-corrected chi connectivity index (χ4v) is 6.57. The first kappa shape index (κ1) is 23.7. The Bertz CT molecular complexity index is 1250. The number of benzene rings is 4. The van der Waals surface area contributed by atoms with Gasteiger partial charge in [0.2, 0.25) is 0 Å². The lowest BCUT2D eigenvalue weighted by atomic mass is 9.68. The number of aromatic hydroxyl groups is 2. The monoisotopic (exact) mass is 466 g/mol. The summed E-state index contributed by atoms with van der Waals surface area (Å²) >= 11 is 0. The highest BCUT2D eigenvalue weighted by Gasteiger charge is 2.44. The zero-order chi connectivity index (χ0) is 24.4. The van der Waals surface area contributed by atoms with E-state index in [0.29, 0.717) is 11.5 Å². The molecule has 4 aromatic carbocycles. The highest BCUT2D eigenvalue weighted by atomic mass is 16.3. The third-order valence-electron chi connectivity index (χ3n) is 8.17. The SMILES string of the molecule is CCCCCCC1(CCCCCC)c2c(ccc3cc(O)ccc23)-c2ccc3cc(O)ccc3c21. The van der Waals surface area contributed by atoms with E-state index in [1.165, 1.54) is 84.4 Å². The maximum absolute atomic E-state index is 10.2. The molecule has 182 valence electrons. The van der Waals surface area contributed by atoms with Crippen molar-refractivity contribution in [3.05, 3.63) is 71.8 Å². The van der Waals surface area contributed by atoms with Crippen LogP contribution in [0.1, 0.15) is 89.2 Å². The van der Waals surface area contributed by atoms with E-state index in [2.05, 4.69) is 50.2 Å². The van der Waals surface area contributed by atoms with Gasteiger partial charge in [0.15, 0.2) is 0 Å². The third-order valence-corrected chi connectivity index (χ3v) is 8.17. The van der Waals surface area contributed by atoms with Crippen molar-refractivity contribution in [3.8, 4) is 22.6 Å². The van der Waals surface area contributed by atoms with E-state index >= 15 is 0 Å². The lowest BCUT2D eigenvalue weighted by molar-refractivity contribution is 0.405. The van der Waals surface area contributed by atoms with Gasteiger partial charge in [-0.25, -0.2) is 0 Å². The zero-order valence-electron chi connectivity index (χ0n) is 21.2. The number of hydrogen-bond donors (Lipinski definition) is 2. The van der Waals surface area contributed by atoms with Crippen LogP contribution >= 0.6 is 0 Å². The molecule has 0 atom stereocenters. The Kier molecular flexibility index (Phi) is 6.73. The van der Waals surface area contributed by atoms with Crippen molar-refractivity contribution < 1.29 is 10.2 Å². The summed E-state index contributed by atoms with van der Waals surface area (Å²) in [6.45, 7) is 4.56. The van der Waals surface area contributed by atoms with Gasteiger partial charge in [0.1, 0.15) is 11.5 Å². The van der Waals surface area contributed by atoms with E-state index in [4.69, 9.17) is 0 Å².